The quantitative estimate of drug-likeness (QED) is 0.558. The first-order valence-electron chi connectivity index (χ1n) is 9.30. The van der Waals surface area contributed by atoms with Gasteiger partial charge in [0.25, 0.3) is 5.56 Å². The fraction of sp³-hybridized carbons (Fsp3) is 0.318. The van der Waals surface area contributed by atoms with Gasteiger partial charge in [0.05, 0.1) is 19.6 Å². The molecule has 0 aliphatic heterocycles. The van der Waals surface area contributed by atoms with Crippen LogP contribution in [0.2, 0.25) is 0 Å². The fourth-order valence-electron chi connectivity index (χ4n) is 3.37. The van der Waals surface area contributed by atoms with E-state index in [1.54, 1.807) is 31.2 Å². The van der Waals surface area contributed by atoms with Crippen LogP contribution in [-0.2, 0) is 17.8 Å². The standard InChI is InChI=1S/C22H24N2O4/c1-4-5-9-24-14-19(16-6-8-23-13-18(16)22(24)26)17-12-20(27-2)15(7-10-25)11-21(17)28-3/h6,8,10-14H,4-5,7,9H2,1-3H3. The molecule has 3 aromatic rings. The lowest BCUT2D eigenvalue weighted by atomic mass is 9.98. The second kappa shape index (κ2) is 8.69. The van der Waals surface area contributed by atoms with E-state index in [0.717, 1.165) is 41.2 Å². The molecule has 0 amide bonds. The van der Waals surface area contributed by atoms with Crippen molar-refractivity contribution in [1.29, 1.82) is 0 Å². The van der Waals surface area contributed by atoms with Crippen LogP contribution in [0.25, 0.3) is 21.9 Å². The van der Waals surface area contributed by atoms with Gasteiger partial charge in [-0.05, 0) is 30.0 Å². The Balaban J connectivity index is 2.32. The zero-order chi connectivity index (χ0) is 20.1. The summed E-state index contributed by atoms with van der Waals surface area (Å²) in [6, 6.07) is 5.51. The van der Waals surface area contributed by atoms with Gasteiger partial charge in [0.1, 0.15) is 17.8 Å². The van der Waals surface area contributed by atoms with Crippen LogP contribution in [0, 0.1) is 0 Å². The van der Waals surface area contributed by atoms with E-state index < -0.39 is 0 Å². The first-order valence-corrected chi connectivity index (χ1v) is 9.30. The van der Waals surface area contributed by atoms with Crippen LogP contribution in [0.1, 0.15) is 25.3 Å². The van der Waals surface area contributed by atoms with Crippen molar-refractivity contribution in [3.05, 3.63) is 52.7 Å². The minimum absolute atomic E-state index is 0.0520. The van der Waals surface area contributed by atoms with Crippen LogP contribution in [0.15, 0.2) is 41.6 Å². The summed E-state index contributed by atoms with van der Waals surface area (Å²) < 4.78 is 12.8. The van der Waals surface area contributed by atoms with Crippen molar-refractivity contribution < 1.29 is 14.3 Å². The summed E-state index contributed by atoms with van der Waals surface area (Å²) in [4.78, 5) is 28.0. The number of fused-ring (bicyclic) bond motifs is 1. The number of hydrogen-bond acceptors (Lipinski definition) is 5. The molecule has 6 heteroatoms. The summed E-state index contributed by atoms with van der Waals surface area (Å²) in [7, 11) is 3.16. The van der Waals surface area contributed by atoms with E-state index in [1.165, 1.54) is 0 Å². The second-order valence-electron chi connectivity index (χ2n) is 6.55. The van der Waals surface area contributed by atoms with E-state index in [-0.39, 0.29) is 12.0 Å². The molecule has 1 aromatic carbocycles. The van der Waals surface area contributed by atoms with Crippen molar-refractivity contribution >= 4 is 17.1 Å². The molecule has 0 atom stereocenters. The number of methoxy groups -OCH3 is 2. The van der Waals surface area contributed by atoms with E-state index in [4.69, 9.17) is 9.47 Å². The third kappa shape index (κ3) is 3.63. The number of rotatable bonds is 8. The molecule has 2 heterocycles. The Labute approximate surface area is 163 Å². The Kier molecular flexibility index (Phi) is 6.09. The average molecular weight is 380 g/mol. The summed E-state index contributed by atoms with van der Waals surface area (Å²) in [6.07, 6.45) is 8.12. The van der Waals surface area contributed by atoms with Crippen molar-refractivity contribution in [2.75, 3.05) is 14.2 Å². The van der Waals surface area contributed by atoms with Crippen LogP contribution in [0.3, 0.4) is 0 Å². The number of carbonyl (C=O) groups is 1. The SMILES string of the molecule is CCCCn1cc(-c2cc(OC)c(CC=O)cc2OC)c2ccncc2c1=O. The maximum Gasteiger partial charge on any atom is 0.260 e. The summed E-state index contributed by atoms with van der Waals surface area (Å²) in [5, 5.41) is 1.37. The maximum atomic E-state index is 12.9. The normalized spacial score (nSPS) is 10.8. The van der Waals surface area contributed by atoms with Crippen LogP contribution < -0.4 is 15.0 Å². The number of carbonyl (C=O) groups excluding carboxylic acids is 1. The lowest BCUT2D eigenvalue weighted by Crippen LogP contribution is -2.20. The third-order valence-electron chi connectivity index (χ3n) is 4.84. The highest BCUT2D eigenvalue weighted by atomic mass is 16.5. The molecule has 0 aliphatic rings. The molecule has 0 fully saturated rings. The first-order chi connectivity index (χ1) is 13.6. The number of nitrogens with zero attached hydrogens (tertiary/aromatic N) is 2. The van der Waals surface area contributed by atoms with Crippen molar-refractivity contribution in [3.63, 3.8) is 0 Å². The maximum absolute atomic E-state index is 12.9. The first kappa shape index (κ1) is 19.6. The number of pyridine rings is 2. The number of aldehydes is 1. The molecule has 146 valence electrons. The van der Waals surface area contributed by atoms with Gasteiger partial charge in [-0.3, -0.25) is 9.78 Å². The van der Waals surface area contributed by atoms with E-state index in [0.29, 0.717) is 23.4 Å². The molecule has 2 aromatic heterocycles. The number of aryl methyl sites for hydroxylation is 1. The molecule has 0 radical (unpaired) electrons. The van der Waals surface area contributed by atoms with Gasteiger partial charge in [0.2, 0.25) is 0 Å². The summed E-state index contributed by atoms with van der Waals surface area (Å²) in [5.41, 5.74) is 2.36. The van der Waals surface area contributed by atoms with Gasteiger partial charge in [-0.25, -0.2) is 0 Å². The summed E-state index contributed by atoms with van der Waals surface area (Å²) in [6.45, 7) is 2.73. The minimum Gasteiger partial charge on any atom is -0.496 e. The molecule has 0 N–H and O–H groups in total. The number of ether oxygens (including phenoxy) is 2. The third-order valence-corrected chi connectivity index (χ3v) is 4.84. The van der Waals surface area contributed by atoms with Crippen LogP contribution in [0.4, 0.5) is 0 Å². The van der Waals surface area contributed by atoms with Crippen molar-refractivity contribution in [2.45, 2.75) is 32.7 Å². The molecule has 0 saturated heterocycles. The van der Waals surface area contributed by atoms with Gasteiger partial charge in [-0.1, -0.05) is 13.3 Å². The molecular formula is C22H24N2O4. The van der Waals surface area contributed by atoms with Gasteiger partial charge in [-0.15, -0.1) is 0 Å². The second-order valence-corrected chi connectivity index (χ2v) is 6.55. The Morgan fingerprint density at radius 2 is 1.89 bits per heavy atom. The Morgan fingerprint density at radius 1 is 1.11 bits per heavy atom. The van der Waals surface area contributed by atoms with E-state index in [2.05, 4.69) is 11.9 Å². The topological polar surface area (TPSA) is 70.4 Å². The molecular weight excluding hydrogens is 356 g/mol. The molecule has 0 unspecified atom stereocenters. The van der Waals surface area contributed by atoms with Crippen molar-refractivity contribution in [2.24, 2.45) is 0 Å². The zero-order valence-corrected chi connectivity index (χ0v) is 16.4. The van der Waals surface area contributed by atoms with E-state index in [1.807, 2.05) is 24.4 Å². The summed E-state index contributed by atoms with van der Waals surface area (Å²) >= 11 is 0. The van der Waals surface area contributed by atoms with Crippen molar-refractivity contribution in [3.8, 4) is 22.6 Å². The van der Waals surface area contributed by atoms with Gasteiger partial charge < -0.3 is 18.8 Å². The smallest absolute Gasteiger partial charge is 0.260 e. The predicted molar refractivity (Wildman–Crippen MR) is 109 cm³/mol. The van der Waals surface area contributed by atoms with Crippen molar-refractivity contribution in [1.82, 2.24) is 9.55 Å². The van der Waals surface area contributed by atoms with E-state index in [9.17, 15) is 9.59 Å². The largest absolute Gasteiger partial charge is 0.496 e. The number of unbranched alkanes of at least 4 members (excludes halogenated alkanes) is 1. The minimum atomic E-state index is -0.0520. The summed E-state index contributed by atoms with van der Waals surface area (Å²) in [5.74, 6) is 1.23. The highest BCUT2D eigenvalue weighted by Gasteiger charge is 2.17. The Morgan fingerprint density at radius 3 is 2.57 bits per heavy atom. The fourth-order valence-corrected chi connectivity index (χ4v) is 3.37. The van der Waals surface area contributed by atoms with Gasteiger partial charge >= 0.3 is 0 Å². The van der Waals surface area contributed by atoms with E-state index >= 15 is 0 Å². The van der Waals surface area contributed by atoms with Crippen LogP contribution >= 0.6 is 0 Å². The molecule has 0 spiro atoms. The molecule has 0 bridgehead atoms. The van der Waals surface area contributed by atoms with Crippen LogP contribution in [0.5, 0.6) is 11.5 Å². The Hall–Kier alpha value is -3.15. The highest BCUT2D eigenvalue weighted by molar-refractivity contribution is 5.97. The molecule has 28 heavy (non-hydrogen) atoms. The number of benzene rings is 1. The number of hydrogen-bond donors (Lipinski definition) is 0. The molecule has 6 nitrogen and oxygen atoms in total. The van der Waals surface area contributed by atoms with Crippen LogP contribution in [-0.4, -0.2) is 30.1 Å². The lowest BCUT2D eigenvalue weighted by molar-refractivity contribution is -0.107. The average Bonchev–Trinajstić information content (AvgIpc) is 2.73. The highest BCUT2D eigenvalue weighted by Crippen LogP contribution is 2.38. The zero-order valence-electron chi connectivity index (χ0n) is 16.4. The van der Waals surface area contributed by atoms with Gasteiger partial charge in [-0.2, -0.15) is 0 Å². The molecule has 0 aliphatic carbocycles. The van der Waals surface area contributed by atoms with Gasteiger partial charge in [0.15, 0.2) is 0 Å². The Bertz CT molecular complexity index is 1060. The monoisotopic (exact) mass is 380 g/mol. The van der Waals surface area contributed by atoms with Gasteiger partial charge in [0, 0.05) is 48.2 Å². The molecule has 3 rings (SSSR count). The molecule has 0 saturated carbocycles. The number of aromatic nitrogens is 2. The lowest BCUT2D eigenvalue weighted by Gasteiger charge is -2.17. The predicted octanol–water partition coefficient (Wildman–Crippen LogP) is 3.62.